The first-order valence-corrected chi connectivity index (χ1v) is 7.00. The van der Waals surface area contributed by atoms with Crippen LogP contribution in [0, 0.1) is 10.1 Å². The molecule has 1 aliphatic rings. The number of hydrogen-bond donors (Lipinski definition) is 1. The molecule has 0 radical (unpaired) electrons. The van der Waals surface area contributed by atoms with Gasteiger partial charge in [0.15, 0.2) is 5.75 Å². The van der Waals surface area contributed by atoms with Gasteiger partial charge in [-0.25, -0.2) is 0 Å². The number of nitrogens with zero attached hydrogens (tertiary/aromatic N) is 1. The van der Waals surface area contributed by atoms with Crippen molar-refractivity contribution in [2.24, 2.45) is 0 Å². The number of ether oxygens (including phenoxy) is 1. The van der Waals surface area contributed by atoms with Crippen LogP contribution in [0.25, 0.3) is 0 Å². The fraction of sp³-hybridized carbons (Fsp3) is 0.200. The van der Waals surface area contributed by atoms with Crippen LogP contribution in [-0.2, 0) is 6.42 Å². The zero-order chi connectivity index (χ0) is 14.8. The van der Waals surface area contributed by atoms with Crippen molar-refractivity contribution in [1.29, 1.82) is 0 Å². The smallest absolute Gasteiger partial charge is 0.271 e. The topological polar surface area (TPSA) is 64.4 Å². The zero-order valence-electron chi connectivity index (χ0n) is 11.1. The Labute approximate surface area is 126 Å². The van der Waals surface area contributed by atoms with Crippen LogP contribution in [0.3, 0.4) is 0 Å². The molecule has 0 aliphatic carbocycles. The van der Waals surface area contributed by atoms with Crippen molar-refractivity contribution in [1.82, 2.24) is 0 Å². The summed E-state index contributed by atoms with van der Waals surface area (Å²) in [7, 11) is 0. The molecule has 0 saturated heterocycles. The van der Waals surface area contributed by atoms with Crippen LogP contribution in [0.4, 0.5) is 11.4 Å². The minimum Gasteiger partial charge on any atom is -0.454 e. The van der Waals surface area contributed by atoms with Crippen LogP contribution in [0.5, 0.6) is 11.5 Å². The first-order chi connectivity index (χ1) is 10.1. The highest BCUT2D eigenvalue weighted by atomic mass is 35.5. The standard InChI is InChI=1S/C15H13ClN2O3/c16-12-9-11(18(19)20)6-7-13(12)21-14-5-1-3-10-4-2-8-17-15(10)14/h1,3,5-7,9,17H,2,4,8H2. The third kappa shape index (κ3) is 2.78. The summed E-state index contributed by atoms with van der Waals surface area (Å²) in [5, 5.41) is 14.3. The van der Waals surface area contributed by atoms with E-state index in [0.717, 1.165) is 25.1 Å². The summed E-state index contributed by atoms with van der Waals surface area (Å²) in [6, 6.07) is 10.0. The van der Waals surface area contributed by atoms with E-state index >= 15 is 0 Å². The molecule has 2 aromatic rings. The Morgan fingerprint density at radius 1 is 1.24 bits per heavy atom. The number of anilines is 1. The molecule has 0 bridgehead atoms. The first-order valence-electron chi connectivity index (χ1n) is 6.63. The molecule has 108 valence electrons. The molecule has 6 heteroatoms. The average Bonchev–Trinajstić information content (AvgIpc) is 2.49. The van der Waals surface area contributed by atoms with Gasteiger partial charge in [0.1, 0.15) is 5.75 Å². The number of hydrogen-bond acceptors (Lipinski definition) is 4. The fourth-order valence-electron chi connectivity index (χ4n) is 2.37. The molecular weight excluding hydrogens is 292 g/mol. The summed E-state index contributed by atoms with van der Waals surface area (Å²) in [5.74, 6) is 1.09. The third-order valence-electron chi connectivity index (χ3n) is 3.38. The number of nitrogens with one attached hydrogen (secondary N) is 1. The first kappa shape index (κ1) is 13.7. The number of benzene rings is 2. The summed E-state index contributed by atoms with van der Waals surface area (Å²) in [6.45, 7) is 0.904. The minimum atomic E-state index is -0.485. The number of halogens is 1. The van der Waals surface area contributed by atoms with Gasteiger partial charge in [-0.2, -0.15) is 0 Å². The van der Waals surface area contributed by atoms with E-state index in [9.17, 15) is 10.1 Å². The molecule has 3 rings (SSSR count). The van der Waals surface area contributed by atoms with Crippen molar-refractivity contribution in [3.63, 3.8) is 0 Å². The second-order valence-electron chi connectivity index (χ2n) is 4.79. The number of nitro benzene ring substituents is 1. The predicted molar refractivity (Wildman–Crippen MR) is 81.4 cm³/mol. The van der Waals surface area contributed by atoms with E-state index < -0.39 is 4.92 Å². The van der Waals surface area contributed by atoms with Crippen molar-refractivity contribution in [3.8, 4) is 11.5 Å². The fourth-order valence-corrected chi connectivity index (χ4v) is 2.58. The van der Waals surface area contributed by atoms with E-state index in [1.54, 1.807) is 0 Å². The van der Waals surface area contributed by atoms with Gasteiger partial charge in [-0.3, -0.25) is 10.1 Å². The molecule has 0 saturated carbocycles. The number of para-hydroxylation sites is 1. The predicted octanol–water partition coefficient (Wildman–Crippen LogP) is 4.40. The number of fused-ring (bicyclic) bond motifs is 1. The molecule has 0 atom stereocenters. The monoisotopic (exact) mass is 304 g/mol. The molecule has 0 spiro atoms. The Morgan fingerprint density at radius 2 is 2.10 bits per heavy atom. The molecule has 5 nitrogen and oxygen atoms in total. The van der Waals surface area contributed by atoms with Crippen LogP contribution in [-0.4, -0.2) is 11.5 Å². The number of aryl methyl sites for hydroxylation is 1. The van der Waals surface area contributed by atoms with E-state index in [0.29, 0.717) is 11.5 Å². The van der Waals surface area contributed by atoms with E-state index in [1.165, 1.54) is 23.8 Å². The van der Waals surface area contributed by atoms with Gasteiger partial charge in [0.05, 0.1) is 15.6 Å². The second-order valence-corrected chi connectivity index (χ2v) is 5.20. The summed E-state index contributed by atoms with van der Waals surface area (Å²) < 4.78 is 5.83. The molecule has 2 aromatic carbocycles. The van der Waals surface area contributed by atoms with E-state index in [4.69, 9.17) is 16.3 Å². The van der Waals surface area contributed by atoms with Crippen LogP contribution in [0.1, 0.15) is 12.0 Å². The van der Waals surface area contributed by atoms with Crippen molar-refractivity contribution >= 4 is 23.0 Å². The Balaban J connectivity index is 1.92. The van der Waals surface area contributed by atoms with E-state index in [-0.39, 0.29) is 10.7 Å². The van der Waals surface area contributed by atoms with Crippen molar-refractivity contribution in [2.75, 3.05) is 11.9 Å². The van der Waals surface area contributed by atoms with E-state index in [1.807, 2.05) is 12.1 Å². The highest BCUT2D eigenvalue weighted by Gasteiger charge is 2.16. The average molecular weight is 305 g/mol. The highest BCUT2D eigenvalue weighted by molar-refractivity contribution is 6.32. The molecule has 1 aliphatic heterocycles. The van der Waals surface area contributed by atoms with Crippen molar-refractivity contribution in [2.45, 2.75) is 12.8 Å². The minimum absolute atomic E-state index is 0.0550. The van der Waals surface area contributed by atoms with Crippen LogP contribution in [0.15, 0.2) is 36.4 Å². The summed E-state index contributed by atoms with van der Waals surface area (Å²) >= 11 is 6.06. The quantitative estimate of drug-likeness (QED) is 0.674. The van der Waals surface area contributed by atoms with Gasteiger partial charge in [-0.1, -0.05) is 23.7 Å². The molecule has 0 amide bonds. The number of nitro groups is 1. The van der Waals surface area contributed by atoms with Gasteiger partial charge in [-0.15, -0.1) is 0 Å². The maximum atomic E-state index is 10.7. The molecule has 0 aromatic heterocycles. The lowest BCUT2D eigenvalue weighted by Crippen LogP contribution is -2.12. The normalized spacial score (nSPS) is 13.2. The van der Waals surface area contributed by atoms with Crippen molar-refractivity contribution in [3.05, 3.63) is 57.1 Å². The van der Waals surface area contributed by atoms with E-state index in [2.05, 4.69) is 11.4 Å². The second kappa shape index (κ2) is 5.61. The van der Waals surface area contributed by atoms with Crippen LogP contribution >= 0.6 is 11.6 Å². The molecule has 0 fully saturated rings. The molecule has 0 unspecified atom stereocenters. The van der Waals surface area contributed by atoms with Gasteiger partial charge in [0.25, 0.3) is 5.69 Å². The van der Waals surface area contributed by atoms with Gasteiger partial charge >= 0.3 is 0 Å². The summed E-state index contributed by atoms with van der Waals surface area (Å²) in [6.07, 6.45) is 2.10. The molecule has 1 N–H and O–H groups in total. The Hall–Kier alpha value is -2.27. The van der Waals surface area contributed by atoms with Gasteiger partial charge in [0, 0.05) is 18.7 Å². The highest BCUT2D eigenvalue weighted by Crippen LogP contribution is 2.38. The van der Waals surface area contributed by atoms with Gasteiger partial charge < -0.3 is 10.1 Å². The van der Waals surface area contributed by atoms with Gasteiger partial charge in [-0.05, 0) is 30.5 Å². The lowest BCUT2D eigenvalue weighted by molar-refractivity contribution is -0.384. The van der Waals surface area contributed by atoms with Crippen molar-refractivity contribution < 1.29 is 9.66 Å². The largest absolute Gasteiger partial charge is 0.454 e. The maximum absolute atomic E-state index is 10.7. The molecular formula is C15H13ClN2O3. The zero-order valence-corrected chi connectivity index (χ0v) is 11.9. The Bertz CT molecular complexity index is 703. The Morgan fingerprint density at radius 3 is 2.86 bits per heavy atom. The lowest BCUT2D eigenvalue weighted by atomic mass is 10.0. The molecule has 21 heavy (non-hydrogen) atoms. The SMILES string of the molecule is O=[N+]([O-])c1ccc(Oc2cccc3c2NCCC3)c(Cl)c1. The van der Waals surface area contributed by atoms with Gasteiger partial charge in [0.2, 0.25) is 0 Å². The lowest BCUT2D eigenvalue weighted by Gasteiger charge is -2.21. The number of non-ortho nitro benzene ring substituents is 1. The summed E-state index contributed by atoms with van der Waals surface area (Å²) in [5.41, 5.74) is 2.12. The molecule has 1 heterocycles. The van der Waals surface area contributed by atoms with Crippen LogP contribution < -0.4 is 10.1 Å². The number of rotatable bonds is 3. The summed E-state index contributed by atoms with van der Waals surface area (Å²) in [4.78, 5) is 10.2. The Kier molecular flexibility index (Phi) is 3.66. The van der Waals surface area contributed by atoms with Crippen LogP contribution in [0.2, 0.25) is 5.02 Å². The maximum Gasteiger partial charge on any atom is 0.271 e. The third-order valence-corrected chi connectivity index (χ3v) is 3.68.